The van der Waals surface area contributed by atoms with Gasteiger partial charge in [0.25, 0.3) is 0 Å². The van der Waals surface area contributed by atoms with Crippen molar-refractivity contribution in [3.63, 3.8) is 0 Å². The lowest BCUT2D eigenvalue weighted by Crippen LogP contribution is -2.26. The molecule has 4 N–H and O–H groups in total. The predicted octanol–water partition coefficient (Wildman–Crippen LogP) is 2.40. The normalized spacial score (nSPS) is 10.8. The summed E-state index contributed by atoms with van der Waals surface area (Å²) >= 11 is 0. The van der Waals surface area contributed by atoms with E-state index >= 15 is 0 Å². The predicted molar refractivity (Wildman–Crippen MR) is 88.4 cm³/mol. The molecule has 4 nitrogen and oxygen atoms in total. The maximum atomic E-state index is 5.69. The van der Waals surface area contributed by atoms with E-state index in [-0.39, 0.29) is 0 Å². The molecule has 0 bridgehead atoms. The second kappa shape index (κ2) is 7.55. The van der Waals surface area contributed by atoms with Crippen molar-refractivity contribution in [3.8, 4) is 5.75 Å². The number of rotatable bonds is 7. The Balaban J connectivity index is 1.66. The molecule has 0 aliphatic heterocycles. The largest absolute Gasteiger partial charge is 0.492 e. The van der Waals surface area contributed by atoms with Gasteiger partial charge in [-0.15, -0.1) is 0 Å². The van der Waals surface area contributed by atoms with E-state index in [1.165, 1.54) is 5.56 Å². The summed E-state index contributed by atoms with van der Waals surface area (Å²) in [5, 5.41) is 0. The topological polar surface area (TPSA) is 64.5 Å². The van der Waals surface area contributed by atoms with E-state index in [9.17, 15) is 0 Å². The van der Waals surface area contributed by atoms with E-state index in [1.54, 1.807) is 0 Å². The standard InChI is InChI=1S/C17H23N3O/c1-20(11-10-14-2-4-15(18)5-3-14)12-13-21-17-8-6-16(19)7-9-17/h2-9H,10-13,18-19H2,1H3. The van der Waals surface area contributed by atoms with Crippen LogP contribution in [0.5, 0.6) is 5.75 Å². The minimum absolute atomic E-state index is 0.669. The van der Waals surface area contributed by atoms with Crippen LogP contribution in [0.1, 0.15) is 5.56 Å². The van der Waals surface area contributed by atoms with E-state index in [4.69, 9.17) is 16.2 Å². The lowest BCUT2D eigenvalue weighted by Gasteiger charge is -2.17. The lowest BCUT2D eigenvalue weighted by atomic mass is 10.1. The minimum Gasteiger partial charge on any atom is -0.492 e. The van der Waals surface area contributed by atoms with Crippen LogP contribution in [0, 0.1) is 0 Å². The van der Waals surface area contributed by atoms with E-state index < -0.39 is 0 Å². The number of hydrogen-bond donors (Lipinski definition) is 2. The molecule has 0 amide bonds. The van der Waals surface area contributed by atoms with Crippen molar-refractivity contribution in [2.75, 3.05) is 38.2 Å². The van der Waals surface area contributed by atoms with Gasteiger partial charge < -0.3 is 21.1 Å². The fourth-order valence-electron chi connectivity index (χ4n) is 2.00. The molecule has 0 fully saturated rings. The van der Waals surface area contributed by atoms with Crippen molar-refractivity contribution in [2.24, 2.45) is 0 Å². The Morgan fingerprint density at radius 2 is 1.43 bits per heavy atom. The summed E-state index contributed by atoms with van der Waals surface area (Å²) in [6.07, 6.45) is 1.01. The van der Waals surface area contributed by atoms with Gasteiger partial charge in [-0.3, -0.25) is 0 Å². The summed E-state index contributed by atoms with van der Waals surface area (Å²) in [6.45, 7) is 2.55. The van der Waals surface area contributed by atoms with Crippen LogP contribution in [0.15, 0.2) is 48.5 Å². The Morgan fingerprint density at radius 1 is 0.857 bits per heavy atom. The highest BCUT2D eigenvalue weighted by molar-refractivity contribution is 5.41. The molecule has 0 aliphatic rings. The Kier molecular flexibility index (Phi) is 5.46. The van der Waals surface area contributed by atoms with Crippen LogP contribution in [0.2, 0.25) is 0 Å². The van der Waals surface area contributed by atoms with E-state index in [0.717, 1.165) is 36.6 Å². The Labute approximate surface area is 126 Å². The van der Waals surface area contributed by atoms with Crippen molar-refractivity contribution < 1.29 is 4.74 Å². The van der Waals surface area contributed by atoms with Crippen molar-refractivity contribution >= 4 is 11.4 Å². The summed E-state index contributed by atoms with van der Waals surface area (Å²) < 4.78 is 5.69. The fourth-order valence-corrected chi connectivity index (χ4v) is 2.00. The molecule has 0 heterocycles. The van der Waals surface area contributed by atoms with Crippen LogP contribution in [0.25, 0.3) is 0 Å². The molecule has 0 unspecified atom stereocenters. The first-order chi connectivity index (χ1) is 10.1. The molecule has 2 aromatic carbocycles. The molecule has 2 aromatic rings. The Hall–Kier alpha value is -2.20. The molecule has 2 rings (SSSR count). The van der Waals surface area contributed by atoms with Gasteiger partial charge >= 0.3 is 0 Å². The zero-order valence-corrected chi connectivity index (χ0v) is 12.5. The number of nitrogens with two attached hydrogens (primary N) is 2. The molecule has 0 saturated heterocycles. The van der Waals surface area contributed by atoms with Gasteiger partial charge in [-0.1, -0.05) is 12.1 Å². The van der Waals surface area contributed by atoms with Crippen molar-refractivity contribution in [3.05, 3.63) is 54.1 Å². The highest BCUT2D eigenvalue weighted by Gasteiger charge is 2.01. The summed E-state index contributed by atoms with van der Waals surface area (Å²) in [6, 6.07) is 15.5. The molecule has 112 valence electrons. The molecule has 0 saturated carbocycles. The molecular weight excluding hydrogens is 262 g/mol. The zero-order chi connectivity index (χ0) is 15.1. The van der Waals surface area contributed by atoms with Crippen LogP contribution < -0.4 is 16.2 Å². The number of anilines is 2. The molecule has 0 atom stereocenters. The summed E-state index contributed by atoms with van der Waals surface area (Å²) in [7, 11) is 2.10. The van der Waals surface area contributed by atoms with E-state index in [0.29, 0.717) is 6.61 Å². The molecule has 0 aromatic heterocycles. The van der Waals surface area contributed by atoms with Gasteiger partial charge in [0.15, 0.2) is 0 Å². The first-order valence-electron chi connectivity index (χ1n) is 7.15. The minimum atomic E-state index is 0.669. The number of nitrogens with zero attached hydrogens (tertiary/aromatic N) is 1. The smallest absolute Gasteiger partial charge is 0.119 e. The molecule has 0 radical (unpaired) electrons. The van der Waals surface area contributed by atoms with Crippen LogP contribution >= 0.6 is 0 Å². The first kappa shape index (κ1) is 15.2. The van der Waals surface area contributed by atoms with Gasteiger partial charge in [-0.2, -0.15) is 0 Å². The van der Waals surface area contributed by atoms with Gasteiger partial charge in [0.1, 0.15) is 12.4 Å². The molecule has 21 heavy (non-hydrogen) atoms. The van der Waals surface area contributed by atoms with Crippen molar-refractivity contribution in [1.29, 1.82) is 0 Å². The Bertz CT molecular complexity index is 537. The number of nitrogen functional groups attached to an aromatic ring is 2. The monoisotopic (exact) mass is 285 g/mol. The molecular formula is C17H23N3O. The van der Waals surface area contributed by atoms with Gasteiger partial charge in [0.05, 0.1) is 0 Å². The second-order valence-corrected chi connectivity index (χ2v) is 5.21. The molecule has 0 aliphatic carbocycles. The first-order valence-corrected chi connectivity index (χ1v) is 7.15. The summed E-state index contributed by atoms with van der Waals surface area (Å²) in [4.78, 5) is 2.26. The average molecular weight is 285 g/mol. The van der Waals surface area contributed by atoms with Crippen LogP contribution in [-0.4, -0.2) is 31.6 Å². The zero-order valence-electron chi connectivity index (χ0n) is 12.5. The quantitative estimate of drug-likeness (QED) is 0.767. The van der Waals surface area contributed by atoms with Gasteiger partial charge in [-0.25, -0.2) is 0 Å². The SMILES string of the molecule is CN(CCOc1ccc(N)cc1)CCc1ccc(N)cc1. The molecule has 0 spiro atoms. The van der Waals surface area contributed by atoms with Gasteiger partial charge in [0, 0.05) is 24.5 Å². The summed E-state index contributed by atoms with van der Waals surface area (Å²) in [5.74, 6) is 0.858. The number of ether oxygens (including phenoxy) is 1. The average Bonchev–Trinajstić information content (AvgIpc) is 2.49. The van der Waals surface area contributed by atoms with Crippen LogP contribution in [0.3, 0.4) is 0 Å². The Morgan fingerprint density at radius 3 is 2.05 bits per heavy atom. The highest BCUT2D eigenvalue weighted by atomic mass is 16.5. The maximum absolute atomic E-state index is 5.69. The van der Waals surface area contributed by atoms with Gasteiger partial charge in [0.2, 0.25) is 0 Å². The van der Waals surface area contributed by atoms with E-state index in [2.05, 4.69) is 24.1 Å². The highest BCUT2D eigenvalue weighted by Crippen LogP contribution is 2.13. The van der Waals surface area contributed by atoms with E-state index in [1.807, 2.05) is 36.4 Å². The third-order valence-electron chi connectivity index (χ3n) is 3.38. The maximum Gasteiger partial charge on any atom is 0.119 e. The van der Waals surface area contributed by atoms with Crippen LogP contribution in [0.4, 0.5) is 11.4 Å². The number of hydrogen-bond acceptors (Lipinski definition) is 4. The lowest BCUT2D eigenvalue weighted by molar-refractivity contribution is 0.239. The second-order valence-electron chi connectivity index (χ2n) is 5.21. The van der Waals surface area contributed by atoms with Crippen molar-refractivity contribution in [2.45, 2.75) is 6.42 Å². The fraction of sp³-hybridized carbons (Fsp3) is 0.294. The third kappa shape index (κ3) is 5.36. The van der Waals surface area contributed by atoms with Gasteiger partial charge in [-0.05, 0) is 55.4 Å². The molecule has 4 heteroatoms. The summed E-state index contributed by atoms with van der Waals surface area (Å²) in [5.41, 5.74) is 14.2. The van der Waals surface area contributed by atoms with Crippen LogP contribution in [-0.2, 0) is 6.42 Å². The number of benzene rings is 2. The third-order valence-corrected chi connectivity index (χ3v) is 3.38. The number of likely N-dealkylation sites (N-methyl/N-ethyl adjacent to an activating group) is 1. The van der Waals surface area contributed by atoms with Crippen molar-refractivity contribution in [1.82, 2.24) is 4.90 Å².